The van der Waals surface area contributed by atoms with E-state index < -0.39 is 6.10 Å². The summed E-state index contributed by atoms with van der Waals surface area (Å²) in [5.41, 5.74) is 2.01. The van der Waals surface area contributed by atoms with Crippen LogP contribution in [0.3, 0.4) is 0 Å². The van der Waals surface area contributed by atoms with Crippen molar-refractivity contribution in [2.75, 3.05) is 0 Å². The van der Waals surface area contributed by atoms with Crippen molar-refractivity contribution in [3.8, 4) is 5.75 Å². The minimum Gasteiger partial charge on any atom is -0.461 e. The number of hydrogen-bond donors (Lipinski definition) is 1. The van der Waals surface area contributed by atoms with Crippen molar-refractivity contribution in [1.82, 2.24) is 0 Å². The maximum atomic E-state index is 10.2. The molecule has 15 heavy (non-hydrogen) atoms. The fraction of sp³-hybridized carbons (Fsp3) is 0.385. The third-order valence-corrected chi connectivity index (χ3v) is 3.23. The van der Waals surface area contributed by atoms with E-state index in [1.165, 1.54) is 12.8 Å². The minimum atomic E-state index is -0.440. The Balaban J connectivity index is 2.07. The molecule has 0 bridgehead atoms. The molecular formula is C13H14O2. The Morgan fingerprint density at radius 1 is 1.13 bits per heavy atom. The lowest BCUT2D eigenvalue weighted by Crippen LogP contribution is -2.18. The Kier molecular flexibility index (Phi) is 2.03. The summed E-state index contributed by atoms with van der Waals surface area (Å²) in [5.74, 6) is 1.83. The third-order valence-electron chi connectivity index (χ3n) is 3.23. The van der Waals surface area contributed by atoms with Crippen molar-refractivity contribution in [2.24, 2.45) is 0 Å². The van der Waals surface area contributed by atoms with Crippen LogP contribution in [0.1, 0.15) is 37.4 Å². The first-order chi connectivity index (χ1) is 7.36. The summed E-state index contributed by atoms with van der Waals surface area (Å²) in [5, 5.41) is 10.2. The molecule has 2 nitrogen and oxygen atoms in total. The largest absolute Gasteiger partial charge is 0.461 e. The van der Waals surface area contributed by atoms with Gasteiger partial charge in [0.2, 0.25) is 0 Å². The van der Waals surface area contributed by atoms with Crippen LogP contribution in [0.2, 0.25) is 0 Å². The quantitative estimate of drug-likeness (QED) is 0.700. The molecule has 2 aliphatic rings. The summed E-state index contributed by atoms with van der Waals surface area (Å²) >= 11 is 0. The predicted molar refractivity (Wildman–Crippen MR) is 57.5 cm³/mol. The number of allylic oxidation sites excluding steroid dienone is 1. The molecule has 0 fully saturated rings. The van der Waals surface area contributed by atoms with E-state index in [0.29, 0.717) is 0 Å². The van der Waals surface area contributed by atoms with E-state index in [-0.39, 0.29) is 0 Å². The second-order valence-electron chi connectivity index (χ2n) is 4.20. The number of aliphatic hydroxyl groups is 1. The van der Waals surface area contributed by atoms with Crippen molar-refractivity contribution in [2.45, 2.75) is 31.8 Å². The molecule has 2 heteroatoms. The van der Waals surface area contributed by atoms with Crippen LogP contribution in [-0.4, -0.2) is 5.11 Å². The van der Waals surface area contributed by atoms with E-state index >= 15 is 0 Å². The van der Waals surface area contributed by atoms with E-state index in [4.69, 9.17) is 4.74 Å². The summed E-state index contributed by atoms with van der Waals surface area (Å²) in [7, 11) is 0. The maximum Gasteiger partial charge on any atom is 0.133 e. The van der Waals surface area contributed by atoms with Crippen LogP contribution in [0, 0.1) is 0 Å². The number of aliphatic hydroxyl groups excluding tert-OH is 1. The lowest BCUT2D eigenvalue weighted by atomic mass is 9.88. The fourth-order valence-corrected chi connectivity index (χ4v) is 2.43. The molecule has 3 rings (SSSR count). The Morgan fingerprint density at radius 3 is 2.87 bits per heavy atom. The summed E-state index contributed by atoms with van der Waals surface area (Å²) in [6.07, 6.45) is 3.85. The van der Waals surface area contributed by atoms with Gasteiger partial charge in [-0.3, -0.25) is 0 Å². The van der Waals surface area contributed by atoms with Crippen molar-refractivity contribution in [3.05, 3.63) is 41.2 Å². The van der Waals surface area contributed by atoms with Gasteiger partial charge in [0, 0.05) is 17.6 Å². The van der Waals surface area contributed by atoms with Crippen molar-refractivity contribution in [1.29, 1.82) is 0 Å². The van der Waals surface area contributed by atoms with E-state index in [2.05, 4.69) is 0 Å². The number of benzene rings is 1. The van der Waals surface area contributed by atoms with Gasteiger partial charge in [-0.1, -0.05) is 18.2 Å². The van der Waals surface area contributed by atoms with Crippen molar-refractivity contribution in [3.63, 3.8) is 0 Å². The topological polar surface area (TPSA) is 29.5 Å². The number of ether oxygens (including phenoxy) is 1. The molecule has 78 valence electrons. The highest BCUT2D eigenvalue weighted by Gasteiger charge is 2.28. The van der Waals surface area contributed by atoms with Crippen LogP contribution in [0.5, 0.6) is 5.75 Å². The normalized spacial score (nSPS) is 24.2. The zero-order valence-electron chi connectivity index (χ0n) is 8.57. The molecule has 1 heterocycles. The lowest BCUT2D eigenvalue weighted by Gasteiger charge is -2.30. The van der Waals surface area contributed by atoms with E-state index in [0.717, 1.165) is 35.5 Å². The second-order valence-corrected chi connectivity index (χ2v) is 4.20. The second kappa shape index (κ2) is 3.38. The van der Waals surface area contributed by atoms with Gasteiger partial charge in [0.15, 0.2) is 0 Å². The third kappa shape index (κ3) is 1.37. The van der Waals surface area contributed by atoms with Crippen LogP contribution in [0.25, 0.3) is 0 Å². The van der Waals surface area contributed by atoms with Crippen LogP contribution in [0.15, 0.2) is 35.6 Å². The fourth-order valence-electron chi connectivity index (χ4n) is 2.43. The van der Waals surface area contributed by atoms with Crippen molar-refractivity contribution < 1.29 is 9.84 Å². The monoisotopic (exact) mass is 202 g/mol. The van der Waals surface area contributed by atoms with Gasteiger partial charge in [-0.25, -0.2) is 0 Å². The summed E-state index contributed by atoms with van der Waals surface area (Å²) in [6.45, 7) is 0. The average Bonchev–Trinajstić information content (AvgIpc) is 2.30. The van der Waals surface area contributed by atoms with Crippen LogP contribution >= 0.6 is 0 Å². The molecule has 1 aromatic carbocycles. The van der Waals surface area contributed by atoms with E-state index in [1.54, 1.807) is 0 Å². The highest BCUT2D eigenvalue weighted by molar-refractivity contribution is 5.44. The Bertz CT molecular complexity index is 420. The minimum absolute atomic E-state index is 0.440. The zero-order valence-corrected chi connectivity index (χ0v) is 8.57. The molecule has 0 spiro atoms. The molecule has 1 aromatic rings. The molecule has 0 amide bonds. The molecule has 0 aromatic heterocycles. The molecule has 0 saturated carbocycles. The van der Waals surface area contributed by atoms with Crippen LogP contribution in [-0.2, 0) is 0 Å². The average molecular weight is 202 g/mol. The number of fused-ring (bicyclic) bond motifs is 1. The Labute approximate surface area is 89.2 Å². The first-order valence-electron chi connectivity index (χ1n) is 5.53. The van der Waals surface area contributed by atoms with Gasteiger partial charge in [0.1, 0.15) is 17.6 Å². The molecule has 1 aliphatic carbocycles. The number of hydrogen-bond acceptors (Lipinski definition) is 2. The van der Waals surface area contributed by atoms with Gasteiger partial charge in [-0.05, 0) is 25.3 Å². The first kappa shape index (κ1) is 8.98. The first-order valence-corrected chi connectivity index (χ1v) is 5.53. The standard InChI is InChI=1S/C13H14O2/c14-13-9-5-1-3-7-11(9)15-12-8-4-2-6-10(12)13/h1,3,5,7,13-14H,2,4,6,8H2. The molecule has 1 N–H and O–H groups in total. The van der Waals surface area contributed by atoms with E-state index in [1.807, 2.05) is 24.3 Å². The highest BCUT2D eigenvalue weighted by atomic mass is 16.5. The molecule has 0 saturated heterocycles. The maximum absolute atomic E-state index is 10.2. The molecule has 1 aliphatic heterocycles. The van der Waals surface area contributed by atoms with Gasteiger partial charge in [0.25, 0.3) is 0 Å². The summed E-state index contributed by atoms with van der Waals surface area (Å²) in [4.78, 5) is 0. The van der Waals surface area contributed by atoms with E-state index in [9.17, 15) is 5.11 Å². The highest BCUT2D eigenvalue weighted by Crippen LogP contribution is 2.42. The van der Waals surface area contributed by atoms with Crippen LogP contribution < -0.4 is 4.74 Å². The molecule has 1 unspecified atom stereocenters. The van der Waals surface area contributed by atoms with Crippen LogP contribution in [0.4, 0.5) is 0 Å². The Morgan fingerprint density at radius 2 is 1.93 bits per heavy atom. The molecule has 0 radical (unpaired) electrons. The van der Waals surface area contributed by atoms with Gasteiger partial charge < -0.3 is 9.84 Å². The predicted octanol–water partition coefficient (Wildman–Crippen LogP) is 2.94. The lowest BCUT2D eigenvalue weighted by molar-refractivity contribution is 0.178. The van der Waals surface area contributed by atoms with Gasteiger partial charge in [0.05, 0.1) is 0 Å². The van der Waals surface area contributed by atoms with Gasteiger partial charge in [-0.15, -0.1) is 0 Å². The molecule has 1 atom stereocenters. The zero-order chi connectivity index (χ0) is 10.3. The van der Waals surface area contributed by atoms with Gasteiger partial charge >= 0.3 is 0 Å². The molecular weight excluding hydrogens is 188 g/mol. The van der Waals surface area contributed by atoms with Crippen molar-refractivity contribution >= 4 is 0 Å². The number of rotatable bonds is 0. The summed E-state index contributed by atoms with van der Waals surface area (Å²) in [6, 6.07) is 7.76. The number of para-hydroxylation sites is 1. The smallest absolute Gasteiger partial charge is 0.133 e. The Hall–Kier alpha value is -1.28. The summed E-state index contributed by atoms with van der Waals surface area (Å²) < 4.78 is 5.83. The SMILES string of the molecule is OC1C2=C(CCCC2)Oc2ccccc21. The van der Waals surface area contributed by atoms with Gasteiger partial charge in [-0.2, -0.15) is 0 Å².